The van der Waals surface area contributed by atoms with Gasteiger partial charge >= 0.3 is 0 Å². The summed E-state index contributed by atoms with van der Waals surface area (Å²) in [7, 11) is 0. The number of nitrogens with zero attached hydrogens (tertiary/aromatic N) is 3. The van der Waals surface area contributed by atoms with E-state index in [2.05, 4.69) is 147 Å². The van der Waals surface area contributed by atoms with Crippen molar-refractivity contribution in [3.63, 3.8) is 0 Å². The molecule has 0 amide bonds. The van der Waals surface area contributed by atoms with Crippen molar-refractivity contribution in [1.82, 2.24) is 15.0 Å². The van der Waals surface area contributed by atoms with Gasteiger partial charge in [0, 0.05) is 22.1 Å². The maximum atomic E-state index is 5.30. The number of benzene rings is 8. The van der Waals surface area contributed by atoms with Gasteiger partial charge in [0.05, 0.1) is 0 Å². The Morgan fingerprint density at radius 2 is 0.857 bits per heavy atom. The van der Waals surface area contributed by atoms with E-state index in [9.17, 15) is 0 Å². The van der Waals surface area contributed by atoms with Crippen molar-refractivity contribution < 1.29 is 0 Å². The molecule has 49 heavy (non-hydrogen) atoms. The Kier molecular flexibility index (Phi) is 5.92. The van der Waals surface area contributed by atoms with E-state index in [1.54, 1.807) is 0 Å². The molecular formula is C46H31N3. The highest BCUT2D eigenvalue weighted by Crippen LogP contribution is 2.51. The second kappa shape index (κ2) is 10.4. The van der Waals surface area contributed by atoms with Crippen LogP contribution in [0.5, 0.6) is 0 Å². The van der Waals surface area contributed by atoms with Gasteiger partial charge in [-0.25, -0.2) is 15.0 Å². The number of fused-ring (bicyclic) bond motifs is 10. The third kappa shape index (κ3) is 4.12. The molecule has 230 valence electrons. The lowest BCUT2D eigenvalue weighted by Gasteiger charge is -2.24. The average Bonchev–Trinajstić information content (AvgIpc) is 3.40. The summed E-state index contributed by atoms with van der Waals surface area (Å²) < 4.78 is 0. The fourth-order valence-electron chi connectivity index (χ4n) is 8.23. The first-order chi connectivity index (χ1) is 24.1. The normalized spacial score (nSPS) is 13.3. The minimum Gasteiger partial charge on any atom is -0.208 e. The Labute approximate surface area is 284 Å². The van der Waals surface area contributed by atoms with Crippen molar-refractivity contribution in [2.45, 2.75) is 19.3 Å². The highest BCUT2D eigenvalue weighted by Gasteiger charge is 2.38. The number of hydrogen-bond acceptors (Lipinski definition) is 3. The molecule has 1 aromatic heterocycles. The van der Waals surface area contributed by atoms with Gasteiger partial charge in [-0.05, 0) is 65.3 Å². The van der Waals surface area contributed by atoms with E-state index >= 15 is 0 Å². The van der Waals surface area contributed by atoms with Gasteiger partial charge < -0.3 is 0 Å². The Bertz CT molecular complexity index is 2800. The van der Waals surface area contributed by atoms with Crippen LogP contribution < -0.4 is 0 Å². The zero-order valence-electron chi connectivity index (χ0n) is 27.3. The van der Waals surface area contributed by atoms with Crippen LogP contribution in [0, 0.1) is 0 Å². The van der Waals surface area contributed by atoms with Crippen LogP contribution >= 0.6 is 0 Å². The van der Waals surface area contributed by atoms with Crippen molar-refractivity contribution in [3.05, 3.63) is 163 Å². The predicted octanol–water partition coefficient (Wildman–Crippen LogP) is 11.8. The smallest absolute Gasteiger partial charge is 0.164 e. The summed E-state index contributed by atoms with van der Waals surface area (Å²) in [5.41, 5.74) is 7.92. The number of hydrogen-bond donors (Lipinski definition) is 0. The van der Waals surface area contributed by atoms with Crippen LogP contribution in [0.3, 0.4) is 0 Å². The van der Waals surface area contributed by atoms with Gasteiger partial charge in [-0.2, -0.15) is 0 Å². The summed E-state index contributed by atoms with van der Waals surface area (Å²) in [6, 6.07) is 54.2. The Hall–Kier alpha value is -6.19. The molecule has 9 aromatic rings. The SMILES string of the molecule is CC1(C)c2ccccc2-c2cccc(-c3nc(-c4ccccc4)nc(-c4cccc5c4ccc4c5ccc5c6ccccc6ccc54)n3)c21. The topological polar surface area (TPSA) is 38.7 Å². The lowest BCUT2D eigenvalue weighted by molar-refractivity contribution is 0.661. The molecule has 0 bridgehead atoms. The average molecular weight is 626 g/mol. The van der Waals surface area contributed by atoms with Crippen LogP contribution in [-0.4, -0.2) is 15.0 Å². The van der Waals surface area contributed by atoms with Gasteiger partial charge in [0.25, 0.3) is 0 Å². The molecule has 0 fully saturated rings. The van der Waals surface area contributed by atoms with E-state index in [0.29, 0.717) is 17.5 Å². The molecule has 3 nitrogen and oxygen atoms in total. The summed E-state index contributed by atoms with van der Waals surface area (Å²) in [4.78, 5) is 15.6. The Morgan fingerprint density at radius 3 is 1.67 bits per heavy atom. The first-order valence-corrected chi connectivity index (χ1v) is 16.9. The molecule has 8 aromatic carbocycles. The zero-order chi connectivity index (χ0) is 32.7. The number of aromatic nitrogens is 3. The highest BCUT2D eigenvalue weighted by molar-refractivity contribution is 6.23. The second-order valence-corrected chi connectivity index (χ2v) is 13.6. The molecule has 0 aliphatic heterocycles. The maximum Gasteiger partial charge on any atom is 0.164 e. The van der Waals surface area contributed by atoms with Gasteiger partial charge in [-0.1, -0.05) is 166 Å². The lowest BCUT2D eigenvalue weighted by Crippen LogP contribution is -2.17. The Morgan fingerprint density at radius 1 is 0.347 bits per heavy atom. The molecule has 0 N–H and O–H groups in total. The Balaban J connectivity index is 1.21. The summed E-state index contributed by atoms with van der Waals surface area (Å²) in [5.74, 6) is 2.03. The highest BCUT2D eigenvalue weighted by atomic mass is 15.0. The monoisotopic (exact) mass is 625 g/mol. The lowest BCUT2D eigenvalue weighted by atomic mass is 9.80. The van der Waals surface area contributed by atoms with Gasteiger partial charge in [0.2, 0.25) is 0 Å². The van der Waals surface area contributed by atoms with Gasteiger partial charge in [0.1, 0.15) is 0 Å². The van der Waals surface area contributed by atoms with Gasteiger partial charge in [-0.15, -0.1) is 0 Å². The van der Waals surface area contributed by atoms with E-state index in [0.717, 1.165) is 22.1 Å². The first kappa shape index (κ1) is 27.9. The van der Waals surface area contributed by atoms with Crippen LogP contribution in [-0.2, 0) is 5.41 Å². The molecule has 10 rings (SSSR count). The molecule has 0 unspecified atom stereocenters. The molecule has 1 aliphatic rings. The summed E-state index contributed by atoms with van der Waals surface area (Å²) >= 11 is 0. The first-order valence-electron chi connectivity index (χ1n) is 16.9. The standard InChI is InChI=1S/C46H31N3/c1-46(2)41-21-9-8-16-37(41)38-18-11-20-40(42(38)46)45-48-43(29-13-4-3-5-14-29)47-44(49-45)39-19-10-17-31-34-25-24-32-30-15-7-6-12-28(30)22-23-33(32)35(34)26-27-36(31)39/h3-27H,1-2H3. The fraction of sp³-hybridized carbons (Fsp3) is 0.0652. The van der Waals surface area contributed by atoms with Gasteiger partial charge in [-0.3, -0.25) is 0 Å². The summed E-state index contributed by atoms with van der Waals surface area (Å²) in [5, 5.41) is 9.85. The quantitative estimate of drug-likeness (QED) is 0.183. The third-order valence-corrected chi connectivity index (χ3v) is 10.5. The van der Waals surface area contributed by atoms with Crippen LogP contribution in [0.4, 0.5) is 0 Å². The molecule has 0 spiro atoms. The molecule has 0 saturated carbocycles. The van der Waals surface area contributed by atoms with Crippen molar-refractivity contribution in [2.75, 3.05) is 0 Å². The van der Waals surface area contributed by atoms with Crippen LogP contribution in [0.25, 0.3) is 88.4 Å². The minimum atomic E-state index is -0.200. The van der Waals surface area contributed by atoms with Crippen molar-refractivity contribution >= 4 is 43.1 Å². The predicted molar refractivity (Wildman–Crippen MR) is 204 cm³/mol. The van der Waals surface area contributed by atoms with Crippen LogP contribution in [0.15, 0.2) is 152 Å². The van der Waals surface area contributed by atoms with Crippen molar-refractivity contribution in [1.29, 1.82) is 0 Å². The maximum absolute atomic E-state index is 5.30. The van der Waals surface area contributed by atoms with E-state index in [1.165, 1.54) is 60.0 Å². The second-order valence-electron chi connectivity index (χ2n) is 13.6. The zero-order valence-corrected chi connectivity index (χ0v) is 27.3. The van der Waals surface area contributed by atoms with E-state index in [-0.39, 0.29) is 5.41 Å². The largest absolute Gasteiger partial charge is 0.208 e. The summed E-state index contributed by atoms with van der Waals surface area (Å²) in [6.07, 6.45) is 0. The fourth-order valence-corrected chi connectivity index (χ4v) is 8.23. The van der Waals surface area contributed by atoms with Crippen molar-refractivity contribution in [2.24, 2.45) is 0 Å². The molecule has 1 heterocycles. The molecule has 0 saturated heterocycles. The van der Waals surface area contributed by atoms with E-state index < -0.39 is 0 Å². The minimum absolute atomic E-state index is 0.200. The van der Waals surface area contributed by atoms with E-state index in [1.807, 2.05) is 18.2 Å². The van der Waals surface area contributed by atoms with Crippen LogP contribution in [0.2, 0.25) is 0 Å². The molecule has 1 aliphatic carbocycles. The molecule has 3 heteroatoms. The summed E-state index contributed by atoms with van der Waals surface area (Å²) in [6.45, 7) is 4.62. The third-order valence-electron chi connectivity index (χ3n) is 10.5. The van der Waals surface area contributed by atoms with Gasteiger partial charge in [0.15, 0.2) is 17.5 Å². The number of rotatable bonds is 3. The molecule has 0 atom stereocenters. The van der Waals surface area contributed by atoms with E-state index in [4.69, 9.17) is 15.0 Å². The molecular weight excluding hydrogens is 595 g/mol. The molecule has 0 radical (unpaired) electrons. The van der Waals surface area contributed by atoms with Crippen molar-refractivity contribution in [3.8, 4) is 45.3 Å². The van der Waals surface area contributed by atoms with Crippen LogP contribution in [0.1, 0.15) is 25.0 Å².